The number of carbonyl (C=O) groups excluding carboxylic acids is 4. The van der Waals surface area contributed by atoms with Crippen LogP contribution >= 0.6 is 0 Å². The number of anilines is 1. The van der Waals surface area contributed by atoms with E-state index in [2.05, 4.69) is 10.8 Å². The summed E-state index contributed by atoms with van der Waals surface area (Å²) in [5.74, 6) is -4.46. The zero-order valence-electron chi connectivity index (χ0n) is 19.1. The minimum atomic E-state index is -1.52. The van der Waals surface area contributed by atoms with Gasteiger partial charge in [0.2, 0.25) is 0 Å². The lowest BCUT2D eigenvalue weighted by Gasteiger charge is -2.18. The first kappa shape index (κ1) is 25.1. The average Bonchev–Trinajstić information content (AvgIpc) is 2.90. The van der Waals surface area contributed by atoms with Gasteiger partial charge in [-0.3, -0.25) is 19.2 Å². The molecule has 0 aliphatic carbocycles. The second kappa shape index (κ2) is 12.1. The molecular formula is C26H24N2O7. The van der Waals surface area contributed by atoms with Gasteiger partial charge in [-0.2, -0.15) is 0 Å². The molecule has 0 aromatic heterocycles. The quantitative estimate of drug-likeness (QED) is 0.276. The molecule has 0 fully saturated rings. The Hall–Kier alpha value is -4.50. The van der Waals surface area contributed by atoms with E-state index in [0.717, 1.165) is 19.8 Å². The van der Waals surface area contributed by atoms with Crippen LogP contribution in [0.15, 0.2) is 78.9 Å². The van der Waals surface area contributed by atoms with Gasteiger partial charge in [0.15, 0.2) is 5.92 Å². The van der Waals surface area contributed by atoms with Gasteiger partial charge in [-0.1, -0.05) is 54.6 Å². The monoisotopic (exact) mass is 476 g/mol. The summed E-state index contributed by atoms with van der Waals surface area (Å²) >= 11 is 0. The Kier molecular flexibility index (Phi) is 8.69. The Morgan fingerprint density at radius 1 is 0.829 bits per heavy atom. The summed E-state index contributed by atoms with van der Waals surface area (Å²) in [6, 6.07) is 21.8. The molecular weight excluding hydrogens is 452 g/mol. The maximum Gasteiger partial charge on any atom is 0.338 e. The first-order chi connectivity index (χ1) is 16.9. The molecule has 0 saturated heterocycles. The smallest absolute Gasteiger partial charge is 0.338 e. The predicted octanol–water partition coefficient (Wildman–Crippen LogP) is 3.23. The van der Waals surface area contributed by atoms with Crippen LogP contribution in [0, 0.1) is 0 Å². The Morgan fingerprint density at radius 3 is 2.11 bits per heavy atom. The number of amides is 2. The van der Waals surface area contributed by atoms with Crippen molar-refractivity contribution in [2.24, 2.45) is 0 Å². The molecule has 1 atom stereocenters. The van der Waals surface area contributed by atoms with Crippen LogP contribution in [0.4, 0.5) is 5.69 Å². The second-order valence-electron chi connectivity index (χ2n) is 7.31. The van der Waals surface area contributed by atoms with Gasteiger partial charge in [0.05, 0.1) is 26.4 Å². The minimum absolute atomic E-state index is 0.0298. The molecule has 0 spiro atoms. The van der Waals surface area contributed by atoms with Crippen molar-refractivity contribution in [1.29, 1.82) is 0 Å². The SMILES string of the molecule is COC(=O)c1cc(NC(=O)c2ccccc2)ccc1C(C(=O)NOCc1ccccc1)C(=O)OC. The highest BCUT2D eigenvalue weighted by atomic mass is 16.7. The molecule has 1 unspecified atom stereocenters. The van der Waals surface area contributed by atoms with E-state index in [9.17, 15) is 19.2 Å². The van der Waals surface area contributed by atoms with Crippen LogP contribution in [-0.2, 0) is 30.5 Å². The normalized spacial score (nSPS) is 11.1. The summed E-state index contributed by atoms with van der Waals surface area (Å²) in [5.41, 5.74) is 3.66. The van der Waals surface area contributed by atoms with Gasteiger partial charge in [0.1, 0.15) is 0 Å². The molecule has 0 radical (unpaired) electrons. The summed E-state index contributed by atoms with van der Waals surface area (Å²) in [7, 11) is 2.29. The zero-order chi connectivity index (χ0) is 25.2. The van der Waals surface area contributed by atoms with Crippen LogP contribution in [0.2, 0.25) is 0 Å². The van der Waals surface area contributed by atoms with E-state index in [1.165, 1.54) is 18.2 Å². The minimum Gasteiger partial charge on any atom is -0.468 e. The Balaban J connectivity index is 1.85. The van der Waals surface area contributed by atoms with Gasteiger partial charge in [-0.05, 0) is 35.4 Å². The average molecular weight is 476 g/mol. The van der Waals surface area contributed by atoms with Crippen LogP contribution in [0.25, 0.3) is 0 Å². The fraction of sp³-hybridized carbons (Fsp3) is 0.154. The van der Waals surface area contributed by atoms with E-state index in [4.69, 9.17) is 14.3 Å². The highest BCUT2D eigenvalue weighted by Gasteiger charge is 2.34. The van der Waals surface area contributed by atoms with Crippen molar-refractivity contribution in [2.45, 2.75) is 12.5 Å². The third kappa shape index (κ3) is 6.52. The van der Waals surface area contributed by atoms with Gasteiger partial charge >= 0.3 is 11.9 Å². The summed E-state index contributed by atoms with van der Waals surface area (Å²) in [6.45, 7) is 0.0643. The van der Waals surface area contributed by atoms with Crippen molar-refractivity contribution in [1.82, 2.24) is 5.48 Å². The number of rotatable bonds is 9. The van der Waals surface area contributed by atoms with Gasteiger partial charge in [-0.25, -0.2) is 10.3 Å². The molecule has 0 bridgehead atoms. The number of hydroxylamine groups is 1. The van der Waals surface area contributed by atoms with Crippen molar-refractivity contribution >= 4 is 29.4 Å². The summed E-state index contributed by atoms with van der Waals surface area (Å²) in [6.07, 6.45) is 0. The highest BCUT2D eigenvalue weighted by Crippen LogP contribution is 2.26. The molecule has 9 nitrogen and oxygen atoms in total. The third-order valence-corrected chi connectivity index (χ3v) is 5.02. The fourth-order valence-corrected chi connectivity index (χ4v) is 3.28. The summed E-state index contributed by atoms with van der Waals surface area (Å²) < 4.78 is 9.63. The number of methoxy groups -OCH3 is 2. The zero-order valence-corrected chi connectivity index (χ0v) is 19.1. The molecule has 2 N–H and O–H groups in total. The van der Waals surface area contributed by atoms with E-state index in [0.29, 0.717) is 5.56 Å². The molecule has 3 rings (SSSR count). The van der Waals surface area contributed by atoms with Gasteiger partial charge in [0, 0.05) is 11.3 Å². The van der Waals surface area contributed by atoms with Crippen molar-refractivity contribution in [3.8, 4) is 0 Å². The van der Waals surface area contributed by atoms with Crippen LogP contribution in [0.1, 0.15) is 37.8 Å². The topological polar surface area (TPSA) is 120 Å². The fourth-order valence-electron chi connectivity index (χ4n) is 3.28. The molecule has 9 heteroatoms. The van der Waals surface area contributed by atoms with Gasteiger partial charge in [0.25, 0.3) is 11.8 Å². The molecule has 0 aliphatic heterocycles. The van der Waals surface area contributed by atoms with Crippen molar-refractivity contribution in [3.63, 3.8) is 0 Å². The maximum absolute atomic E-state index is 12.9. The summed E-state index contributed by atoms with van der Waals surface area (Å²) in [4.78, 5) is 55.7. The van der Waals surface area contributed by atoms with Crippen molar-refractivity contribution in [2.75, 3.05) is 19.5 Å². The molecule has 3 aromatic rings. The molecule has 0 heterocycles. The van der Waals surface area contributed by atoms with Crippen LogP contribution in [0.3, 0.4) is 0 Å². The molecule has 3 aromatic carbocycles. The Labute approximate surface area is 202 Å². The van der Waals surface area contributed by atoms with Crippen LogP contribution in [0.5, 0.6) is 0 Å². The second-order valence-corrected chi connectivity index (χ2v) is 7.31. The molecule has 35 heavy (non-hydrogen) atoms. The van der Waals surface area contributed by atoms with Crippen molar-refractivity contribution < 1.29 is 33.5 Å². The van der Waals surface area contributed by atoms with E-state index < -0.39 is 29.7 Å². The number of hydrogen-bond donors (Lipinski definition) is 2. The van der Waals surface area contributed by atoms with E-state index in [-0.39, 0.29) is 23.4 Å². The van der Waals surface area contributed by atoms with Crippen LogP contribution in [-0.4, -0.2) is 38.0 Å². The number of carbonyl (C=O) groups is 4. The maximum atomic E-state index is 12.9. The largest absolute Gasteiger partial charge is 0.468 e. The summed E-state index contributed by atoms with van der Waals surface area (Å²) in [5, 5.41) is 2.68. The Morgan fingerprint density at radius 2 is 1.49 bits per heavy atom. The third-order valence-electron chi connectivity index (χ3n) is 5.02. The lowest BCUT2D eigenvalue weighted by atomic mass is 9.93. The highest BCUT2D eigenvalue weighted by molar-refractivity contribution is 6.07. The van der Waals surface area contributed by atoms with E-state index >= 15 is 0 Å². The predicted molar refractivity (Wildman–Crippen MR) is 126 cm³/mol. The van der Waals surface area contributed by atoms with Crippen molar-refractivity contribution in [3.05, 3.63) is 101 Å². The number of hydrogen-bond acceptors (Lipinski definition) is 7. The van der Waals surface area contributed by atoms with Gasteiger partial charge in [-0.15, -0.1) is 0 Å². The van der Waals surface area contributed by atoms with Gasteiger partial charge < -0.3 is 14.8 Å². The number of nitrogens with one attached hydrogen (secondary N) is 2. The number of ether oxygens (including phenoxy) is 2. The van der Waals surface area contributed by atoms with E-state index in [1.807, 2.05) is 30.3 Å². The molecule has 0 aliphatic rings. The number of esters is 2. The molecule has 0 saturated carbocycles. The number of benzene rings is 3. The lowest BCUT2D eigenvalue weighted by molar-refractivity contribution is -0.150. The molecule has 180 valence electrons. The first-order valence-corrected chi connectivity index (χ1v) is 10.6. The first-order valence-electron chi connectivity index (χ1n) is 10.6. The van der Waals surface area contributed by atoms with E-state index in [1.54, 1.807) is 30.3 Å². The Bertz CT molecular complexity index is 1200. The van der Waals surface area contributed by atoms with Crippen LogP contribution < -0.4 is 10.8 Å². The lowest BCUT2D eigenvalue weighted by Crippen LogP contribution is -2.35. The molecule has 2 amide bonds. The standard InChI is InChI=1S/C26H24N2O7/c1-33-25(31)21-15-19(27-23(29)18-11-7-4-8-12-18)13-14-20(21)22(26(32)34-2)24(30)28-35-16-17-9-5-3-6-10-17/h3-15,22H,16H2,1-2H3,(H,27,29)(H,28,30).